The van der Waals surface area contributed by atoms with E-state index in [4.69, 9.17) is 0 Å². The molecule has 108 valence electrons. The minimum Gasteiger partial charge on any atom is -0.395 e. The predicted octanol–water partition coefficient (Wildman–Crippen LogP) is 2.59. The van der Waals surface area contributed by atoms with Crippen LogP contribution < -0.4 is 5.32 Å². The highest BCUT2D eigenvalue weighted by molar-refractivity contribution is 5.16. The summed E-state index contributed by atoms with van der Waals surface area (Å²) < 4.78 is 2.27. The van der Waals surface area contributed by atoms with Crippen molar-refractivity contribution >= 4 is 0 Å². The Morgan fingerprint density at radius 1 is 1.15 bits per heavy atom. The molecule has 0 unspecified atom stereocenters. The third-order valence-electron chi connectivity index (χ3n) is 3.51. The van der Waals surface area contributed by atoms with Crippen molar-refractivity contribution in [2.24, 2.45) is 0 Å². The standard InChI is InChI=1S/C17H24N2O/c1-2-10-19-11-6-9-17(19)13-18-16(14-20)12-15-7-4-3-5-8-15/h3-9,11,16,18,20H,2,10,12-14H2,1H3/t16-/m1/s1. The number of hydrogen-bond acceptors (Lipinski definition) is 2. The number of hydrogen-bond donors (Lipinski definition) is 2. The monoisotopic (exact) mass is 272 g/mol. The lowest BCUT2D eigenvalue weighted by Crippen LogP contribution is -2.34. The minimum absolute atomic E-state index is 0.0994. The molecule has 1 aromatic carbocycles. The molecule has 0 aliphatic rings. The van der Waals surface area contributed by atoms with E-state index in [1.807, 2.05) is 18.2 Å². The number of benzene rings is 1. The van der Waals surface area contributed by atoms with Crippen LogP contribution in [0.25, 0.3) is 0 Å². The molecular formula is C17H24N2O. The second-order valence-corrected chi connectivity index (χ2v) is 5.14. The van der Waals surface area contributed by atoms with Gasteiger partial charge in [0.25, 0.3) is 0 Å². The summed E-state index contributed by atoms with van der Waals surface area (Å²) in [7, 11) is 0. The van der Waals surface area contributed by atoms with Crippen molar-refractivity contribution in [2.45, 2.75) is 38.9 Å². The zero-order chi connectivity index (χ0) is 14.2. The van der Waals surface area contributed by atoms with Crippen LogP contribution >= 0.6 is 0 Å². The summed E-state index contributed by atoms with van der Waals surface area (Å²) in [5, 5.41) is 13.0. The van der Waals surface area contributed by atoms with Gasteiger partial charge in [-0.25, -0.2) is 0 Å². The van der Waals surface area contributed by atoms with Crippen LogP contribution in [0.3, 0.4) is 0 Å². The van der Waals surface area contributed by atoms with E-state index in [0.29, 0.717) is 0 Å². The summed E-state index contributed by atoms with van der Waals surface area (Å²) in [6.45, 7) is 4.18. The molecule has 2 rings (SSSR count). The van der Waals surface area contributed by atoms with Gasteiger partial charge in [-0.15, -0.1) is 0 Å². The molecule has 0 aliphatic carbocycles. The van der Waals surface area contributed by atoms with Crippen LogP contribution in [0.4, 0.5) is 0 Å². The lowest BCUT2D eigenvalue weighted by molar-refractivity contribution is 0.240. The highest BCUT2D eigenvalue weighted by Crippen LogP contribution is 2.06. The van der Waals surface area contributed by atoms with Crippen LogP contribution in [-0.2, 0) is 19.5 Å². The number of aliphatic hydroxyl groups is 1. The molecule has 0 bridgehead atoms. The Morgan fingerprint density at radius 2 is 1.95 bits per heavy atom. The molecule has 2 N–H and O–H groups in total. The molecule has 0 amide bonds. The molecule has 3 heteroatoms. The van der Waals surface area contributed by atoms with Crippen LogP contribution in [0.15, 0.2) is 48.7 Å². The van der Waals surface area contributed by atoms with Gasteiger partial charge in [-0.05, 0) is 30.5 Å². The van der Waals surface area contributed by atoms with Crippen LogP contribution in [0, 0.1) is 0 Å². The predicted molar refractivity (Wildman–Crippen MR) is 82.6 cm³/mol. The molecule has 3 nitrogen and oxygen atoms in total. The summed E-state index contributed by atoms with van der Waals surface area (Å²) in [5.41, 5.74) is 2.53. The maximum absolute atomic E-state index is 9.52. The average Bonchev–Trinajstić information content (AvgIpc) is 2.92. The normalized spacial score (nSPS) is 12.5. The second-order valence-electron chi connectivity index (χ2n) is 5.14. The maximum atomic E-state index is 9.52. The van der Waals surface area contributed by atoms with E-state index in [1.54, 1.807) is 0 Å². The largest absolute Gasteiger partial charge is 0.395 e. The maximum Gasteiger partial charge on any atom is 0.0588 e. The lowest BCUT2D eigenvalue weighted by Gasteiger charge is -2.17. The van der Waals surface area contributed by atoms with Gasteiger partial charge in [-0.2, -0.15) is 0 Å². The third-order valence-corrected chi connectivity index (χ3v) is 3.51. The SMILES string of the molecule is CCCn1cccc1CN[C@@H](CO)Cc1ccccc1. The van der Waals surface area contributed by atoms with Gasteiger partial charge in [-0.1, -0.05) is 37.3 Å². The van der Waals surface area contributed by atoms with Crippen molar-refractivity contribution in [2.75, 3.05) is 6.61 Å². The van der Waals surface area contributed by atoms with Crippen molar-refractivity contribution in [3.63, 3.8) is 0 Å². The van der Waals surface area contributed by atoms with Crippen LogP contribution in [0.2, 0.25) is 0 Å². The molecule has 0 radical (unpaired) electrons. The summed E-state index contributed by atoms with van der Waals surface area (Å²) in [6, 6.07) is 14.6. The number of aliphatic hydroxyl groups excluding tert-OH is 1. The van der Waals surface area contributed by atoms with Crippen molar-refractivity contribution in [3.8, 4) is 0 Å². The molecule has 0 saturated carbocycles. The Hall–Kier alpha value is -1.58. The molecule has 1 aromatic heterocycles. The minimum atomic E-state index is 0.0994. The first-order chi connectivity index (χ1) is 9.83. The van der Waals surface area contributed by atoms with E-state index in [-0.39, 0.29) is 12.6 Å². The summed E-state index contributed by atoms with van der Waals surface area (Å²) in [5.74, 6) is 0. The van der Waals surface area contributed by atoms with E-state index in [0.717, 1.165) is 25.9 Å². The fourth-order valence-corrected chi connectivity index (χ4v) is 2.42. The zero-order valence-corrected chi connectivity index (χ0v) is 12.1. The van der Waals surface area contributed by atoms with Crippen LogP contribution in [0.1, 0.15) is 24.6 Å². The molecule has 0 aliphatic heterocycles. The van der Waals surface area contributed by atoms with E-state index in [2.05, 4.69) is 47.3 Å². The van der Waals surface area contributed by atoms with Gasteiger partial charge >= 0.3 is 0 Å². The molecule has 1 heterocycles. The molecule has 2 aromatic rings. The summed E-state index contributed by atoms with van der Waals surface area (Å²) in [6.07, 6.45) is 4.10. The van der Waals surface area contributed by atoms with Crippen LogP contribution in [0.5, 0.6) is 0 Å². The third kappa shape index (κ3) is 4.22. The highest BCUT2D eigenvalue weighted by atomic mass is 16.3. The number of nitrogens with zero attached hydrogens (tertiary/aromatic N) is 1. The Bertz CT molecular complexity index is 493. The fraction of sp³-hybridized carbons (Fsp3) is 0.412. The summed E-state index contributed by atoms with van der Waals surface area (Å²) >= 11 is 0. The Morgan fingerprint density at radius 3 is 2.65 bits per heavy atom. The Balaban J connectivity index is 1.89. The highest BCUT2D eigenvalue weighted by Gasteiger charge is 2.09. The van der Waals surface area contributed by atoms with Crippen molar-refractivity contribution in [1.82, 2.24) is 9.88 Å². The second kappa shape index (κ2) is 7.88. The number of aryl methyl sites for hydroxylation is 1. The Labute approximate surface area is 121 Å². The Kier molecular flexibility index (Phi) is 5.84. The summed E-state index contributed by atoms with van der Waals surface area (Å²) in [4.78, 5) is 0. The first-order valence-electron chi connectivity index (χ1n) is 7.35. The molecule has 20 heavy (non-hydrogen) atoms. The fourth-order valence-electron chi connectivity index (χ4n) is 2.42. The van der Waals surface area contributed by atoms with Gasteiger partial charge in [-0.3, -0.25) is 0 Å². The first-order valence-corrected chi connectivity index (χ1v) is 7.35. The van der Waals surface area contributed by atoms with Gasteiger partial charge < -0.3 is 15.0 Å². The average molecular weight is 272 g/mol. The van der Waals surface area contributed by atoms with Crippen molar-refractivity contribution in [3.05, 3.63) is 59.9 Å². The number of nitrogens with one attached hydrogen (secondary N) is 1. The molecule has 0 spiro atoms. The molecular weight excluding hydrogens is 248 g/mol. The number of rotatable bonds is 8. The smallest absolute Gasteiger partial charge is 0.0588 e. The van der Waals surface area contributed by atoms with E-state index >= 15 is 0 Å². The van der Waals surface area contributed by atoms with Gasteiger partial charge in [0, 0.05) is 31.0 Å². The molecule has 0 fully saturated rings. The molecule has 0 saturated heterocycles. The first kappa shape index (κ1) is 14.8. The lowest BCUT2D eigenvalue weighted by atomic mass is 10.1. The quantitative estimate of drug-likeness (QED) is 0.775. The zero-order valence-electron chi connectivity index (χ0n) is 12.1. The van der Waals surface area contributed by atoms with Gasteiger partial charge in [0.1, 0.15) is 0 Å². The van der Waals surface area contributed by atoms with Crippen molar-refractivity contribution < 1.29 is 5.11 Å². The molecule has 1 atom stereocenters. The van der Waals surface area contributed by atoms with E-state index in [1.165, 1.54) is 11.3 Å². The van der Waals surface area contributed by atoms with Crippen LogP contribution in [-0.4, -0.2) is 22.3 Å². The van der Waals surface area contributed by atoms with Crippen molar-refractivity contribution in [1.29, 1.82) is 0 Å². The van der Waals surface area contributed by atoms with Gasteiger partial charge in [0.15, 0.2) is 0 Å². The topological polar surface area (TPSA) is 37.2 Å². The van der Waals surface area contributed by atoms with Gasteiger partial charge in [0.2, 0.25) is 0 Å². The van der Waals surface area contributed by atoms with E-state index in [9.17, 15) is 5.11 Å². The van der Waals surface area contributed by atoms with Gasteiger partial charge in [0.05, 0.1) is 6.61 Å². The van der Waals surface area contributed by atoms with E-state index < -0.39 is 0 Å². The number of aromatic nitrogens is 1.